The van der Waals surface area contributed by atoms with E-state index >= 15 is 0 Å². The number of halogens is 6. The van der Waals surface area contributed by atoms with Crippen molar-refractivity contribution in [1.29, 1.82) is 0 Å². The molecule has 200 valence electrons. The molecule has 0 amide bonds. The maximum atomic E-state index is 14.9. The lowest BCUT2D eigenvalue weighted by atomic mass is 10.1. The Balaban J connectivity index is 1.53. The van der Waals surface area contributed by atoms with E-state index < -0.39 is 51.6 Å². The third-order valence-electron chi connectivity index (χ3n) is 5.59. The first-order valence-electron chi connectivity index (χ1n) is 11.0. The molecule has 0 aliphatic heterocycles. The highest BCUT2D eigenvalue weighted by Gasteiger charge is 2.37. The van der Waals surface area contributed by atoms with E-state index in [1.54, 1.807) is 12.0 Å². The largest absolute Gasteiger partial charge is 0.423 e. The van der Waals surface area contributed by atoms with Crippen LogP contribution in [0.4, 0.5) is 33.5 Å². The maximum absolute atomic E-state index is 14.9. The van der Waals surface area contributed by atoms with Gasteiger partial charge in [-0.25, -0.2) is 28.8 Å². The molecule has 0 fully saturated rings. The molecule has 0 unspecified atom stereocenters. The predicted molar refractivity (Wildman–Crippen MR) is 129 cm³/mol. The number of rotatable bonds is 7. The number of nitrogens with one attached hydrogen (secondary N) is 2. The van der Waals surface area contributed by atoms with Crippen LogP contribution in [0.3, 0.4) is 0 Å². The summed E-state index contributed by atoms with van der Waals surface area (Å²) in [6.45, 7) is 1.58. The Kier molecular flexibility index (Phi) is 7.31. The van der Waals surface area contributed by atoms with E-state index in [2.05, 4.69) is 25.4 Å². The van der Waals surface area contributed by atoms with Crippen LogP contribution in [0.15, 0.2) is 34.4 Å². The van der Waals surface area contributed by atoms with Crippen LogP contribution in [0, 0.1) is 11.6 Å². The topological polar surface area (TPSA) is 144 Å². The Morgan fingerprint density at radius 2 is 1.92 bits per heavy atom. The highest BCUT2D eigenvalue weighted by Crippen LogP contribution is 2.32. The minimum Gasteiger partial charge on any atom is -0.382 e. The van der Waals surface area contributed by atoms with Gasteiger partial charge >= 0.3 is 6.18 Å². The molecule has 10 nitrogen and oxygen atoms in total. The monoisotopic (exact) mass is 556 g/mol. The number of benzene rings is 1. The van der Waals surface area contributed by atoms with Gasteiger partial charge in [-0.15, -0.1) is 0 Å². The van der Waals surface area contributed by atoms with Gasteiger partial charge in [-0.1, -0.05) is 11.6 Å². The van der Waals surface area contributed by atoms with Gasteiger partial charge in [0, 0.05) is 12.6 Å². The number of anilines is 2. The van der Waals surface area contributed by atoms with Gasteiger partial charge in [0.25, 0.3) is 11.1 Å². The third-order valence-corrected chi connectivity index (χ3v) is 5.88. The Bertz CT molecular complexity index is 1640. The number of hydrogen-bond donors (Lipinski definition) is 3. The molecule has 0 spiro atoms. The molecule has 4 rings (SSSR count). The van der Waals surface area contributed by atoms with Crippen molar-refractivity contribution in [2.75, 3.05) is 11.1 Å². The molecule has 3 heterocycles. The van der Waals surface area contributed by atoms with E-state index in [0.29, 0.717) is 0 Å². The fraction of sp³-hybridized carbons (Fsp3) is 0.273. The summed E-state index contributed by atoms with van der Waals surface area (Å²) in [7, 11) is 0. The van der Waals surface area contributed by atoms with Gasteiger partial charge in [0.1, 0.15) is 21.8 Å². The molecular formula is C22H18ClF5N8O2. The molecule has 16 heteroatoms. The second-order valence-electron chi connectivity index (χ2n) is 8.29. The third kappa shape index (κ3) is 5.27. The molecule has 0 aliphatic carbocycles. The smallest absolute Gasteiger partial charge is 0.382 e. The average molecular weight is 557 g/mol. The van der Waals surface area contributed by atoms with Gasteiger partial charge < -0.3 is 11.1 Å². The van der Waals surface area contributed by atoms with E-state index in [-0.39, 0.29) is 47.1 Å². The number of nitrogen functional groups attached to an aromatic ring is 1. The van der Waals surface area contributed by atoms with E-state index in [9.17, 15) is 31.5 Å². The molecule has 0 aliphatic rings. The van der Waals surface area contributed by atoms with Gasteiger partial charge in [-0.3, -0.25) is 14.2 Å². The summed E-state index contributed by atoms with van der Waals surface area (Å²) >= 11 is 5.77. The zero-order valence-electron chi connectivity index (χ0n) is 19.4. The summed E-state index contributed by atoms with van der Waals surface area (Å²) in [6.07, 6.45) is -1.28. The average Bonchev–Trinajstić information content (AvgIpc) is 2.83. The van der Waals surface area contributed by atoms with Crippen molar-refractivity contribution in [3.05, 3.63) is 67.7 Å². The zero-order valence-corrected chi connectivity index (χ0v) is 20.2. The number of fused-ring (bicyclic) bond motifs is 1. The zero-order chi connectivity index (χ0) is 27.8. The summed E-state index contributed by atoms with van der Waals surface area (Å²) < 4.78 is 70.5. The van der Waals surface area contributed by atoms with Crippen LogP contribution in [0.2, 0.25) is 5.02 Å². The Morgan fingerprint density at radius 3 is 2.61 bits per heavy atom. The predicted octanol–water partition coefficient (Wildman–Crippen LogP) is 3.75. The molecule has 4 aromatic rings. The summed E-state index contributed by atoms with van der Waals surface area (Å²) in [6, 6.07) is 0.550. The quantitative estimate of drug-likeness (QED) is 0.292. The van der Waals surface area contributed by atoms with Crippen molar-refractivity contribution in [3.8, 4) is 11.4 Å². The van der Waals surface area contributed by atoms with Crippen LogP contribution in [-0.2, 0) is 12.7 Å². The number of H-pyrrole nitrogens is 1. The highest BCUT2D eigenvalue weighted by molar-refractivity contribution is 6.32. The number of alkyl halides is 3. The van der Waals surface area contributed by atoms with Gasteiger partial charge in [0.15, 0.2) is 17.5 Å². The van der Waals surface area contributed by atoms with Crippen LogP contribution in [0.1, 0.15) is 25.3 Å². The number of hydrogen-bond acceptors (Lipinski definition) is 8. The summed E-state index contributed by atoms with van der Waals surface area (Å²) in [4.78, 5) is 36.2. The van der Waals surface area contributed by atoms with Crippen LogP contribution in [0.5, 0.6) is 0 Å². The van der Waals surface area contributed by atoms with Crippen molar-refractivity contribution < 1.29 is 22.0 Å². The van der Waals surface area contributed by atoms with Gasteiger partial charge in [0.05, 0.1) is 35.5 Å². The van der Waals surface area contributed by atoms with E-state index in [4.69, 9.17) is 17.3 Å². The molecule has 0 bridgehead atoms. The van der Waals surface area contributed by atoms with Crippen LogP contribution in [0.25, 0.3) is 22.3 Å². The first-order valence-corrected chi connectivity index (χ1v) is 11.3. The summed E-state index contributed by atoms with van der Waals surface area (Å²) in [5.41, 5.74) is 0.967. The molecule has 38 heavy (non-hydrogen) atoms. The Morgan fingerprint density at radius 1 is 1.18 bits per heavy atom. The molecule has 1 atom stereocenters. The number of nitrogens with two attached hydrogens (primary N) is 1. The van der Waals surface area contributed by atoms with Crippen LogP contribution in [-0.4, -0.2) is 35.8 Å². The first-order chi connectivity index (χ1) is 17.9. The second-order valence-corrected chi connectivity index (χ2v) is 8.70. The lowest BCUT2D eigenvalue weighted by Gasteiger charge is -2.18. The minimum absolute atomic E-state index is 0.00713. The fourth-order valence-electron chi connectivity index (χ4n) is 3.77. The van der Waals surface area contributed by atoms with E-state index in [1.807, 2.05) is 0 Å². The Hall–Kier alpha value is -4.14. The minimum atomic E-state index is -4.89. The van der Waals surface area contributed by atoms with Gasteiger partial charge in [-0.05, 0) is 25.8 Å². The van der Waals surface area contributed by atoms with Gasteiger partial charge in [-0.2, -0.15) is 18.3 Å². The van der Waals surface area contributed by atoms with Crippen molar-refractivity contribution in [2.45, 2.75) is 38.5 Å². The summed E-state index contributed by atoms with van der Waals surface area (Å²) in [5, 5.41) is 7.16. The highest BCUT2D eigenvalue weighted by atomic mass is 35.5. The SMILES string of the molecule is C[C@@H](CCCn1cnc2cc(-c3ncc(Cl)c(N)n3)c(F)c(F)c2c1=O)Nc1cn[nH]c(=O)c1C(F)(F)F. The molecule has 1 aromatic carbocycles. The van der Waals surface area contributed by atoms with Crippen molar-refractivity contribution in [1.82, 2.24) is 29.7 Å². The Labute approximate surface area is 214 Å². The molecular weight excluding hydrogens is 539 g/mol. The number of nitrogens with zero attached hydrogens (tertiary/aromatic N) is 5. The van der Waals surface area contributed by atoms with Crippen LogP contribution < -0.4 is 22.2 Å². The maximum Gasteiger partial charge on any atom is 0.423 e. The number of aromatic nitrogens is 6. The first kappa shape index (κ1) is 26.9. The number of aromatic amines is 1. The van der Waals surface area contributed by atoms with Crippen molar-refractivity contribution in [3.63, 3.8) is 0 Å². The normalized spacial score (nSPS) is 12.6. The number of aryl methyl sites for hydroxylation is 1. The van der Waals surface area contributed by atoms with Crippen LogP contribution >= 0.6 is 11.6 Å². The van der Waals surface area contributed by atoms with E-state index in [1.165, 1.54) is 0 Å². The second kappa shape index (κ2) is 10.3. The molecule has 0 radical (unpaired) electrons. The van der Waals surface area contributed by atoms with Crippen molar-refractivity contribution in [2.24, 2.45) is 0 Å². The lowest BCUT2D eigenvalue weighted by Crippen LogP contribution is -2.27. The molecule has 3 aromatic heterocycles. The fourth-order valence-corrected chi connectivity index (χ4v) is 3.86. The summed E-state index contributed by atoms with van der Waals surface area (Å²) in [5.74, 6) is -3.21. The molecule has 0 saturated carbocycles. The van der Waals surface area contributed by atoms with Gasteiger partial charge in [0.2, 0.25) is 0 Å². The molecule has 0 saturated heterocycles. The van der Waals surface area contributed by atoms with Crippen molar-refractivity contribution >= 4 is 34.0 Å². The lowest BCUT2D eigenvalue weighted by molar-refractivity contribution is -0.138. The molecule has 4 N–H and O–H groups in total. The van der Waals surface area contributed by atoms with E-state index in [0.717, 1.165) is 29.4 Å². The standard InChI is InChI=1S/C22H18ClF5N8O2/c1-9(33-13-7-32-35-20(37)15(13)22(26,27)28)3-2-4-36-8-31-12-5-10(16(24)17(25)14(12)21(36)38)19-30-6-11(23)18(29)34-19/h5-9H,2-4H2,1H3,(H2,29,30,34)(H2,33,35,37)/t9-/m0/s1.